The highest BCUT2D eigenvalue weighted by Gasteiger charge is 2.28. The summed E-state index contributed by atoms with van der Waals surface area (Å²) in [6, 6.07) is 3.58. The Labute approximate surface area is 174 Å². The Morgan fingerprint density at radius 1 is 1.29 bits per heavy atom. The van der Waals surface area contributed by atoms with Crippen molar-refractivity contribution in [2.45, 2.75) is 45.4 Å². The van der Waals surface area contributed by atoms with E-state index in [-0.39, 0.29) is 6.54 Å². The largest absolute Gasteiger partial charge is 0.444 e. The monoisotopic (exact) mass is 433 g/mol. The van der Waals surface area contributed by atoms with E-state index < -0.39 is 29.7 Å². The van der Waals surface area contributed by atoms with Gasteiger partial charge in [-0.15, -0.1) is 0 Å². The van der Waals surface area contributed by atoms with E-state index in [9.17, 15) is 14.7 Å². The van der Waals surface area contributed by atoms with E-state index in [4.69, 9.17) is 32.8 Å². The molecule has 0 bridgehead atoms. The van der Waals surface area contributed by atoms with Crippen LogP contribution in [0.25, 0.3) is 0 Å². The fraction of sp³-hybridized carbons (Fsp3) is 0.500. The second-order valence-electron chi connectivity index (χ2n) is 6.93. The average molecular weight is 434 g/mol. The summed E-state index contributed by atoms with van der Waals surface area (Å²) in [5, 5.41) is 19.5. The summed E-state index contributed by atoms with van der Waals surface area (Å²) in [6.45, 7) is 6.38. The van der Waals surface area contributed by atoms with Crippen molar-refractivity contribution in [3.05, 3.63) is 33.8 Å². The highest BCUT2D eigenvalue weighted by atomic mass is 35.5. The molecular formula is C18H25Cl2N3O5. The topological polar surface area (TPSA) is 109 Å². The van der Waals surface area contributed by atoms with Gasteiger partial charge < -0.3 is 25.3 Å². The molecule has 1 aromatic rings. The number of aliphatic hydroxyl groups excluding tert-OH is 1. The third-order valence-electron chi connectivity index (χ3n) is 3.31. The molecule has 8 nitrogen and oxygen atoms in total. The number of nitrogens with zero attached hydrogens (tertiary/aromatic N) is 1. The smallest absolute Gasteiger partial charge is 0.408 e. The third kappa shape index (κ3) is 7.92. The quantitative estimate of drug-likeness (QED) is 0.452. The zero-order valence-corrected chi connectivity index (χ0v) is 17.9. The van der Waals surface area contributed by atoms with Crippen molar-refractivity contribution >= 4 is 40.9 Å². The first-order chi connectivity index (χ1) is 12.9. The minimum Gasteiger partial charge on any atom is -0.444 e. The summed E-state index contributed by atoms with van der Waals surface area (Å²) in [5.74, 6) is -0.630. The van der Waals surface area contributed by atoms with E-state index in [2.05, 4.69) is 15.8 Å². The molecule has 0 aliphatic heterocycles. The van der Waals surface area contributed by atoms with Gasteiger partial charge >= 0.3 is 6.09 Å². The lowest BCUT2D eigenvalue weighted by Crippen LogP contribution is -2.54. The number of nitrogens with one attached hydrogen (secondary N) is 2. The molecule has 2 atom stereocenters. The maximum Gasteiger partial charge on any atom is 0.408 e. The van der Waals surface area contributed by atoms with E-state index >= 15 is 0 Å². The molecule has 0 fully saturated rings. The number of rotatable bonds is 7. The molecule has 156 valence electrons. The third-order valence-corrected chi connectivity index (χ3v) is 3.86. The summed E-state index contributed by atoms with van der Waals surface area (Å²) in [5.41, 5.74) is 0.106. The Morgan fingerprint density at radius 3 is 2.43 bits per heavy atom. The van der Waals surface area contributed by atoms with E-state index in [0.717, 1.165) is 0 Å². The number of alkyl carbamates (subject to hydrolysis) is 1. The molecular weight excluding hydrogens is 409 g/mol. The van der Waals surface area contributed by atoms with Gasteiger partial charge in [0, 0.05) is 10.6 Å². The van der Waals surface area contributed by atoms with Crippen molar-refractivity contribution in [2.24, 2.45) is 5.16 Å². The molecule has 2 unspecified atom stereocenters. The highest BCUT2D eigenvalue weighted by Crippen LogP contribution is 2.21. The van der Waals surface area contributed by atoms with Crippen LogP contribution >= 0.6 is 23.2 Å². The van der Waals surface area contributed by atoms with Crippen molar-refractivity contribution in [1.29, 1.82) is 0 Å². The van der Waals surface area contributed by atoms with Crippen LogP contribution in [0, 0.1) is 0 Å². The number of oxime groups is 1. The molecule has 0 spiro atoms. The van der Waals surface area contributed by atoms with Gasteiger partial charge in [-0.1, -0.05) is 28.4 Å². The van der Waals surface area contributed by atoms with E-state index in [1.807, 2.05) is 0 Å². The fourth-order valence-electron chi connectivity index (χ4n) is 2.13. The van der Waals surface area contributed by atoms with Gasteiger partial charge in [-0.3, -0.25) is 4.79 Å². The predicted molar refractivity (Wildman–Crippen MR) is 108 cm³/mol. The SMILES string of the molecule is CON=C(CNC(=O)C(NC(=O)OC(C)(C)C)C(C)O)c1ccc(Cl)cc1Cl. The Hall–Kier alpha value is -2.03. The first kappa shape index (κ1) is 24.0. The first-order valence-electron chi connectivity index (χ1n) is 8.45. The number of hydrogen-bond donors (Lipinski definition) is 3. The molecule has 0 aromatic heterocycles. The maximum absolute atomic E-state index is 12.5. The lowest BCUT2D eigenvalue weighted by Gasteiger charge is -2.24. The minimum atomic E-state index is -1.22. The van der Waals surface area contributed by atoms with Crippen LogP contribution < -0.4 is 10.6 Å². The van der Waals surface area contributed by atoms with Crippen molar-refractivity contribution in [3.8, 4) is 0 Å². The molecule has 0 aliphatic rings. The molecule has 3 N–H and O–H groups in total. The second-order valence-corrected chi connectivity index (χ2v) is 7.77. The predicted octanol–water partition coefficient (Wildman–Crippen LogP) is 2.73. The van der Waals surface area contributed by atoms with Gasteiger partial charge in [-0.05, 0) is 45.9 Å². The van der Waals surface area contributed by atoms with Gasteiger partial charge in [0.05, 0.1) is 17.7 Å². The number of amides is 2. The summed E-state index contributed by atoms with van der Waals surface area (Å²) >= 11 is 12.1. The maximum atomic E-state index is 12.5. The van der Waals surface area contributed by atoms with Crippen LogP contribution in [0.4, 0.5) is 4.79 Å². The van der Waals surface area contributed by atoms with Gasteiger partial charge in [0.2, 0.25) is 5.91 Å². The van der Waals surface area contributed by atoms with Gasteiger partial charge in [-0.2, -0.15) is 0 Å². The van der Waals surface area contributed by atoms with E-state index in [0.29, 0.717) is 21.3 Å². The summed E-state index contributed by atoms with van der Waals surface area (Å²) in [6.07, 6.45) is -1.98. The van der Waals surface area contributed by atoms with Crippen LogP contribution in [0.5, 0.6) is 0 Å². The number of hydrogen-bond acceptors (Lipinski definition) is 6. The lowest BCUT2D eigenvalue weighted by molar-refractivity contribution is -0.125. The zero-order valence-electron chi connectivity index (χ0n) is 16.4. The molecule has 0 radical (unpaired) electrons. The van der Waals surface area contributed by atoms with Gasteiger partial charge in [-0.25, -0.2) is 4.79 Å². The van der Waals surface area contributed by atoms with Gasteiger partial charge in [0.1, 0.15) is 24.5 Å². The normalized spacial score (nSPS) is 14.1. The van der Waals surface area contributed by atoms with Crippen molar-refractivity contribution in [2.75, 3.05) is 13.7 Å². The van der Waals surface area contributed by atoms with Crippen LogP contribution in [0.2, 0.25) is 10.0 Å². The molecule has 2 amide bonds. The van der Waals surface area contributed by atoms with Crippen LogP contribution in [0.15, 0.2) is 23.4 Å². The first-order valence-corrected chi connectivity index (χ1v) is 9.21. The summed E-state index contributed by atoms with van der Waals surface area (Å²) in [7, 11) is 1.36. The molecule has 0 aliphatic carbocycles. The Bertz CT molecular complexity index is 732. The summed E-state index contributed by atoms with van der Waals surface area (Å²) < 4.78 is 5.11. The Morgan fingerprint density at radius 2 is 1.93 bits per heavy atom. The number of carbonyl (C=O) groups is 2. The standard InChI is InChI=1S/C18H25Cl2N3O5/c1-10(24)15(22-17(26)28-18(2,3)4)16(25)21-9-14(23-27-5)12-7-6-11(19)8-13(12)20/h6-8,10,15,24H,9H2,1-5H3,(H,21,25)(H,22,26). The lowest BCUT2D eigenvalue weighted by atomic mass is 10.1. The molecule has 28 heavy (non-hydrogen) atoms. The second kappa shape index (κ2) is 10.5. The van der Waals surface area contributed by atoms with Crippen molar-refractivity contribution < 1.29 is 24.3 Å². The molecule has 1 rings (SSSR count). The van der Waals surface area contributed by atoms with Crippen molar-refractivity contribution in [1.82, 2.24) is 10.6 Å². The highest BCUT2D eigenvalue weighted by molar-refractivity contribution is 6.37. The summed E-state index contributed by atoms with van der Waals surface area (Å²) in [4.78, 5) is 29.2. The average Bonchev–Trinajstić information content (AvgIpc) is 2.54. The van der Waals surface area contributed by atoms with E-state index in [1.54, 1.807) is 32.9 Å². The van der Waals surface area contributed by atoms with Gasteiger partial charge in [0.15, 0.2) is 0 Å². The zero-order chi connectivity index (χ0) is 21.5. The minimum absolute atomic E-state index is 0.0623. The Balaban J connectivity index is 2.86. The molecule has 10 heteroatoms. The van der Waals surface area contributed by atoms with Crippen LogP contribution in [-0.2, 0) is 14.4 Å². The molecule has 1 aromatic carbocycles. The number of halogens is 2. The molecule has 0 saturated carbocycles. The number of ether oxygens (including phenoxy) is 1. The number of benzene rings is 1. The van der Waals surface area contributed by atoms with Gasteiger partial charge in [0.25, 0.3) is 0 Å². The van der Waals surface area contributed by atoms with Crippen LogP contribution in [0.3, 0.4) is 0 Å². The molecule has 0 saturated heterocycles. The van der Waals surface area contributed by atoms with Crippen LogP contribution in [-0.4, -0.2) is 54.2 Å². The van der Waals surface area contributed by atoms with E-state index in [1.165, 1.54) is 20.1 Å². The molecule has 0 heterocycles. The Kier molecular flexibility index (Phi) is 9.00. The number of aliphatic hydroxyl groups is 1. The van der Waals surface area contributed by atoms with Crippen LogP contribution in [0.1, 0.15) is 33.3 Å². The van der Waals surface area contributed by atoms with Crippen molar-refractivity contribution in [3.63, 3.8) is 0 Å². The number of carbonyl (C=O) groups excluding carboxylic acids is 2. The fourth-order valence-corrected chi connectivity index (χ4v) is 2.65.